The number of aromatic nitrogens is 1. The molecule has 1 aromatic heterocycles. The number of carbonyl (C=O) groups excluding carboxylic acids is 1. The lowest BCUT2D eigenvalue weighted by Gasteiger charge is -1.97. The Morgan fingerprint density at radius 3 is 2.93 bits per heavy atom. The molecule has 0 saturated carbocycles. The van der Waals surface area contributed by atoms with E-state index in [-0.39, 0.29) is 5.69 Å². The molecule has 0 fully saturated rings. The maximum Gasteiger partial charge on any atom is 0.169 e. The molecule has 0 aliphatic heterocycles. The molecule has 0 amide bonds. The summed E-state index contributed by atoms with van der Waals surface area (Å²) in [5.41, 5.74) is 1.63. The van der Waals surface area contributed by atoms with Crippen molar-refractivity contribution in [3.05, 3.63) is 35.3 Å². The summed E-state index contributed by atoms with van der Waals surface area (Å²) in [7, 11) is 0. The second kappa shape index (κ2) is 3.25. The first-order valence-corrected chi connectivity index (χ1v) is 4.52. The standard InChI is InChI=1S/C11H10FNO/c1-2-7-4-3-5-8-10(7)11(12)9(6-14)13-8/h3-6,13H,2H2,1H3. The molecule has 0 bridgehead atoms. The number of hydrogen-bond donors (Lipinski definition) is 1. The lowest BCUT2D eigenvalue weighted by atomic mass is 10.1. The Balaban J connectivity index is 2.85. The molecule has 0 radical (unpaired) electrons. The summed E-state index contributed by atoms with van der Waals surface area (Å²) >= 11 is 0. The molecule has 0 atom stereocenters. The molecule has 0 spiro atoms. The molecule has 0 aliphatic carbocycles. The maximum atomic E-state index is 13.6. The van der Waals surface area contributed by atoms with E-state index < -0.39 is 5.82 Å². The predicted octanol–water partition coefficient (Wildman–Crippen LogP) is 2.68. The Labute approximate surface area is 80.7 Å². The highest BCUT2D eigenvalue weighted by Crippen LogP contribution is 2.24. The average Bonchev–Trinajstić information content (AvgIpc) is 2.55. The summed E-state index contributed by atoms with van der Waals surface area (Å²) in [4.78, 5) is 13.3. The number of hydrogen-bond acceptors (Lipinski definition) is 1. The Morgan fingerprint density at radius 2 is 2.29 bits per heavy atom. The van der Waals surface area contributed by atoms with Crippen molar-refractivity contribution in [1.29, 1.82) is 0 Å². The first-order valence-electron chi connectivity index (χ1n) is 4.52. The summed E-state index contributed by atoms with van der Waals surface area (Å²) in [6.45, 7) is 1.96. The highest BCUT2D eigenvalue weighted by Gasteiger charge is 2.12. The molecule has 2 nitrogen and oxygen atoms in total. The van der Waals surface area contributed by atoms with Crippen LogP contribution in [-0.4, -0.2) is 11.3 Å². The van der Waals surface area contributed by atoms with Crippen LogP contribution >= 0.6 is 0 Å². The third kappa shape index (κ3) is 1.13. The molecule has 1 heterocycles. The number of aldehydes is 1. The molecule has 14 heavy (non-hydrogen) atoms. The minimum atomic E-state index is -0.438. The van der Waals surface area contributed by atoms with Gasteiger partial charge in [-0.2, -0.15) is 0 Å². The van der Waals surface area contributed by atoms with Gasteiger partial charge in [-0.1, -0.05) is 19.1 Å². The third-order valence-corrected chi connectivity index (χ3v) is 2.37. The van der Waals surface area contributed by atoms with Crippen molar-refractivity contribution in [2.75, 3.05) is 0 Å². The van der Waals surface area contributed by atoms with Crippen LogP contribution in [0.15, 0.2) is 18.2 Å². The highest BCUT2D eigenvalue weighted by molar-refractivity contribution is 5.90. The quantitative estimate of drug-likeness (QED) is 0.727. The summed E-state index contributed by atoms with van der Waals surface area (Å²) in [5, 5.41) is 0.539. The van der Waals surface area contributed by atoms with Crippen LogP contribution in [0.2, 0.25) is 0 Å². The molecular formula is C11H10FNO. The average molecular weight is 191 g/mol. The minimum Gasteiger partial charge on any atom is -0.350 e. The van der Waals surface area contributed by atoms with E-state index in [9.17, 15) is 9.18 Å². The minimum absolute atomic E-state index is 0.0286. The van der Waals surface area contributed by atoms with Gasteiger partial charge in [-0.15, -0.1) is 0 Å². The van der Waals surface area contributed by atoms with E-state index in [1.165, 1.54) is 0 Å². The fourth-order valence-electron chi connectivity index (χ4n) is 1.67. The number of nitrogens with one attached hydrogen (secondary N) is 1. The zero-order valence-corrected chi connectivity index (χ0v) is 7.80. The number of fused-ring (bicyclic) bond motifs is 1. The monoisotopic (exact) mass is 191 g/mol. The zero-order valence-electron chi connectivity index (χ0n) is 7.80. The molecular weight excluding hydrogens is 181 g/mol. The van der Waals surface area contributed by atoms with Gasteiger partial charge < -0.3 is 4.98 Å². The molecule has 2 rings (SSSR count). The molecule has 2 aromatic rings. The van der Waals surface area contributed by atoms with E-state index in [2.05, 4.69) is 4.98 Å². The van der Waals surface area contributed by atoms with Gasteiger partial charge in [-0.05, 0) is 18.1 Å². The number of benzene rings is 1. The van der Waals surface area contributed by atoms with Crippen LogP contribution in [-0.2, 0) is 6.42 Å². The van der Waals surface area contributed by atoms with Crippen molar-refractivity contribution < 1.29 is 9.18 Å². The van der Waals surface area contributed by atoms with Gasteiger partial charge >= 0.3 is 0 Å². The molecule has 72 valence electrons. The lowest BCUT2D eigenvalue weighted by Crippen LogP contribution is -1.84. The highest BCUT2D eigenvalue weighted by atomic mass is 19.1. The summed E-state index contributed by atoms with van der Waals surface area (Å²) in [6, 6.07) is 5.49. The van der Waals surface area contributed by atoms with Gasteiger partial charge in [0.2, 0.25) is 0 Å². The van der Waals surface area contributed by atoms with Crippen LogP contribution in [0.1, 0.15) is 23.0 Å². The topological polar surface area (TPSA) is 32.9 Å². The predicted molar refractivity (Wildman–Crippen MR) is 53.0 cm³/mol. The summed E-state index contributed by atoms with van der Waals surface area (Å²) < 4.78 is 13.6. The maximum absolute atomic E-state index is 13.6. The van der Waals surface area contributed by atoms with Gasteiger partial charge in [-0.3, -0.25) is 4.79 Å². The van der Waals surface area contributed by atoms with Crippen molar-refractivity contribution in [3.63, 3.8) is 0 Å². The van der Waals surface area contributed by atoms with Crippen LogP contribution in [0.5, 0.6) is 0 Å². The van der Waals surface area contributed by atoms with Crippen LogP contribution in [0, 0.1) is 5.82 Å². The number of carbonyl (C=O) groups is 1. The first kappa shape index (κ1) is 8.94. The van der Waals surface area contributed by atoms with E-state index >= 15 is 0 Å². The van der Waals surface area contributed by atoms with Crippen LogP contribution in [0.25, 0.3) is 10.9 Å². The van der Waals surface area contributed by atoms with Gasteiger partial charge in [-0.25, -0.2) is 4.39 Å². The van der Waals surface area contributed by atoms with Crippen molar-refractivity contribution in [1.82, 2.24) is 4.98 Å². The van der Waals surface area contributed by atoms with Crippen LogP contribution in [0.3, 0.4) is 0 Å². The Kier molecular flexibility index (Phi) is 2.08. The van der Waals surface area contributed by atoms with E-state index in [4.69, 9.17) is 0 Å². The Hall–Kier alpha value is -1.64. The lowest BCUT2D eigenvalue weighted by molar-refractivity contribution is 0.111. The summed E-state index contributed by atoms with van der Waals surface area (Å²) in [6.07, 6.45) is 1.26. The fraction of sp³-hybridized carbons (Fsp3) is 0.182. The first-order chi connectivity index (χ1) is 6.77. The summed E-state index contributed by atoms with van der Waals surface area (Å²) in [5.74, 6) is -0.438. The van der Waals surface area contributed by atoms with E-state index in [0.29, 0.717) is 17.2 Å². The SMILES string of the molecule is CCc1cccc2[nH]c(C=O)c(F)c12. The van der Waals surface area contributed by atoms with E-state index in [0.717, 1.165) is 12.0 Å². The fourth-order valence-corrected chi connectivity index (χ4v) is 1.67. The van der Waals surface area contributed by atoms with Gasteiger partial charge in [0.15, 0.2) is 12.1 Å². The molecule has 0 unspecified atom stereocenters. The molecule has 1 N–H and O–H groups in total. The van der Waals surface area contributed by atoms with Gasteiger partial charge in [0.1, 0.15) is 5.69 Å². The van der Waals surface area contributed by atoms with E-state index in [1.54, 1.807) is 6.07 Å². The van der Waals surface area contributed by atoms with Crippen molar-refractivity contribution in [3.8, 4) is 0 Å². The second-order valence-electron chi connectivity index (χ2n) is 3.16. The number of halogens is 1. The van der Waals surface area contributed by atoms with Crippen LogP contribution in [0.4, 0.5) is 4.39 Å². The third-order valence-electron chi connectivity index (χ3n) is 2.37. The zero-order chi connectivity index (χ0) is 10.1. The number of rotatable bonds is 2. The molecule has 3 heteroatoms. The number of H-pyrrole nitrogens is 1. The normalized spacial score (nSPS) is 10.7. The second-order valence-corrected chi connectivity index (χ2v) is 3.16. The smallest absolute Gasteiger partial charge is 0.169 e. The van der Waals surface area contributed by atoms with Crippen LogP contribution < -0.4 is 0 Å². The largest absolute Gasteiger partial charge is 0.350 e. The van der Waals surface area contributed by atoms with Gasteiger partial charge in [0.05, 0.1) is 0 Å². The molecule has 1 aromatic carbocycles. The number of aryl methyl sites for hydroxylation is 1. The Bertz CT molecular complexity index is 487. The Morgan fingerprint density at radius 1 is 1.50 bits per heavy atom. The molecule has 0 aliphatic rings. The van der Waals surface area contributed by atoms with Crippen molar-refractivity contribution >= 4 is 17.2 Å². The van der Waals surface area contributed by atoms with E-state index in [1.807, 2.05) is 19.1 Å². The number of aromatic amines is 1. The van der Waals surface area contributed by atoms with Crippen molar-refractivity contribution in [2.45, 2.75) is 13.3 Å². The van der Waals surface area contributed by atoms with Gasteiger partial charge in [0.25, 0.3) is 0 Å². The molecule has 0 saturated heterocycles. The van der Waals surface area contributed by atoms with Crippen molar-refractivity contribution in [2.24, 2.45) is 0 Å². The van der Waals surface area contributed by atoms with Gasteiger partial charge in [0, 0.05) is 10.9 Å².